The second kappa shape index (κ2) is 6.13. The Kier molecular flexibility index (Phi) is 4.46. The molecule has 1 amide bonds. The van der Waals surface area contributed by atoms with E-state index in [1.54, 1.807) is 0 Å². The third kappa shape index (κ3) is 3.15. The van der Waals surface area contributed by atoms with Crippen molar-refractivity contribution < 1.29 is 18.5 Å². The Balaban J connectivity index is 2.34. The molecule has 1 aliphatic rings. The molecular formula is C13H15F2N3O3. The van der Waals surface area contributed by atoms with E-state index in [4.69, 9.17) is 5.73 Å². The molecule has 1 heterocycles. The van der Waals surface area contributed by atoms with E-state index in [0.29, 0.717) is 31.8 Å². The first-order chi connectivity index (χ1) is 9.93. The van der Waals surface area contributed by atoms with Crippen LogP contribution in [-0.4, -0.2) is 35.4 Å². The number of likely N-dealkylation sites (tertiary alicyclic amines) is 1. The summed E-state index contributed by atoms with van der Waals surface area (Å²) < 4.78 is 26.4. The highest BCUT2D eigenvalue weighted by molar-refractivity contribution is 5.98. The van der Waals surface area contributed by atoms with Gasteiger partial charge in [0.1, 0.15) is 5.56 Å². The lowest BCUT2D eigenvalue weighted by Crippen LogP contribution is -2.42. The zero-order valence-corrected chi connectivity index (χ0v) is 11.2. The van der Waals surface area contributed by atoms with Crippen LogP contribution in [0.1, 0.15) is 23.2 Å². The molecule has 0 bridgehead atoms. The molecule has 0 aliphatic carbocycles. The molecule has 0 saturated carbocycles. The quantitative estimate of drug-likeness (QED) is 0.679. The van der Waals surface area contributed by atoms with Crippen molar-refractivity contribution in [3.63, 3.8) is 0 Å². The number of benzene rings is 1. The average molecular weight is 299 g/mol. The average Bonchev–Trinajstić information content (AvgIpc) is 2.48. The molecule has 1 unspecified atom stereocenters. The molecule has 1 aliphatic heterocycles. The summed E-state index contributed by atoms with van der Waals surface area (Å²) >= 11 is 0. The number of hydrogen-bond donors (Lipinski definition) is 1. The van der Waals surface area contributed by atoms with Crippen LogP contribution in [0.25, 0.3) is 0 Å². The molecule has 1 saturated heterocycles. The number of halogens is 2. The van der Waals surface area contributed by atoms with E-state index in [2.05, 4.69) is 0 Å². The third-order valence-electron chi connectivity index (χ3n) is 3.61. The molecule has 0 aromatic heterocycles. The van der Waals surface area contributed by atoms with Crippen LogP contribution < -0.4 is 5.73 Å². The summed E-state index contributed by atoms with van der Waals surface area (Å²) in [7, 11) is 0. The minimum absolute atomic E-state index is 0.118. The van der Waals surface area contributed by atoms with E-state index >= 15 is 0 Å². The minimum atomic E-state index is -1.35. The number of carbonyl (C=O) groups excluding carboxylic acids is 1. The SMILES string of the molecule is NCC1CCCN(C(=O)c2cc(F)c(F)cc2[N+](=O)[O-])C1. The summed E-state index contributed by atoms with van der Waals surface area (Å²) in [5, 5.41) is 10.9. The monoisotopic (exact) mass is 299 g/mol. The number of nitrogens with zero attached hydrogens (tertiary/aromatic N) is 2. The van der Waals surface area contributed by atoms with Crippen LogP contribution in [0.4, 0.5) is 14.5 Å². The number of nitro benzene ring substituents is 1. The summed E-state index contributed by atoms with van der Waals surface area (Å²) in [6.07, 6.45) is 1.60. The molecule has 0 radical (unpaired) electrons. The van der Waals surface area contributed by atoms with Crippen LogP contribution in [0.3, 0.4) is 0 Å². The van der Waals surface area contributed by atoms with Crippen LogP contribution >= 0.6 is 0 Å². The summed E-state index contributed by atoms with van der Waals surface area (Å²) in [6.45, 7) is 1.20. The third-order valence-corrected chi connectivity index (χ3v) is 3.61. The molecule has 1 fully saturated rings. The Morgan fingerprint density at radius 1 is 1.43 bits per heavy atom. The molecular weight excluding hydrogens is 284 g/mol. The van der Waals surface area contributed by atoms with Gasteiger partial charge < -0.3 is 10.6 Å². The van der Waals surface area contributed by atoms with Gasteiger partial charge in [0, 0.05) is 13.1 Å². The normalized spacial score (nSPS) is 18.6. The minimum Gasteiger partial charge on any atom is -0.338 e. The van der Waals surface area contributed by atoms with Gasteiger partial charge in [-0.2, -0.15) is 0 Å². The smallest absolute Gasteiger partial charge is 0.285 e. The summed E-state index contributed by atoms with van der Waals surface area (Å²) in [5.41, 5.74) is 4.41. The van der Waals surface area contributed by atoms with Gasteiger partial charge in [-0.25, -0.2) is 8.78 Å². The van der Waals surface area contributed by atoms with Gasteiger partial charge in [0.05, 0.1) is 11.0 Å². The topological polar surface area (TPSA) is 89.5 Å². The zero-order valence-electron chi connectivity index (χ0n) is 11.2. The van der Waals surface area contributed by atoms with Crippen LogP contribution in [0.15, 0.2) is 12.1 Å². The largest absolute Gasteiger partial charge is 0.338 e. The van der Waals surface area contributed by atoms with Gasteiger partial charge in [-0.15, -0.1) is 0 Å². The number of piperidine rings is 1. The molecule has 0 spiro atoms. The molecule has 21 heavy (non-hydrogen) atoms. The Morgan fingerprint density at radius 3 is 2.71 bits per heavy atom. The lowest BCUT2D eigenvalue weighted by molar-refractivity contribution is -0.385. The molecule has 8 heteroatoms. The summed E-state index contributed by atoms with van der Waals surface area (Å²) in [5.74, 6) is -3.18. The van der Waals surface area contributed by atoms with Crippen molar-refractivity contribution in [3.8, 4) is 0 Å². The summed E-state index contributed by atoms with van der Waals surface area (Å²) in [4.78, 5) is 23.8. The first kappa shape index (κ1) is 15.3. The van der Waals surface area contributed by atoms with Crippen molar-refractivity contribution >= 4 is 11.6 Å². The van der Waals surface area contributed by atoms with Crippen molar-refractivity contribution in [2.45, 2.75) is 12.8 Å². The maximum absolute atomic E-state index is 13.3. The molecule has 1 atom stereocenters. The highest BCUT2D eigenvalue weighted by atomic mass is 19.2. The molecule has 1 aromatic rings. The predicted molar refractivity (Wildman–Crippen MR) is 70.7 cm³/mol. The molecule has 2 rings (SSSR count). The Labute approximate surface area is 119 Å². The van der Waals surface area contributed by atoms with Crippen molar-refractivity contribution in [1.82, 2.24) is 4.90 Å². The first-order valence-electron chi connectivity index (χ1n) is 6.56. The molecule has 2 N–H and O–H groups in total. The van der Waals surface area contributed by atoms with Gasteiger partial charge in [0.15, 0.2) is 11.6 Å². The van der Waals surface area contributed by atoms with Crippen LogP contribution in [-0.2, 0) is 0 Å². The number of nitrogens with two attached hydrogens (primary N) is 1. The lowest BCUT2D eigenvalue weighted by atomic mass is 9.97. The summed E-state index contributed by atoms with van der Waals surface area (Å²) in [6, 6.07) is 1.02. The number of rotatable bonds is 3. The van der Waals surface area contributed by atoms with E-state index in [9.17, 15) is 23.7 Å². The predicted octanol–water partition coefficient (Wildman–Crippen LogP) is 1.68. The van der Waals surface area contributed by atoms with Crippen molar-refractivity contribution in [1.29, 1.82) is 0 Å². The van der Waals surface area contributed by atoms with E-state index in [-0.39, 0.29) is 5.92 Å². The van der Waals surface area contributed by atoms with Gasteiger partial charge >= 0.3 is 0 Å². The standard InChI is InChI=1S/C13H15F2N3O3/c14-10-4-9(12(18(20)21)5-11(10)15)13(19)17-3-1-2-8(6-16)7-17/h4-5,8H,1-3,6-7,16H2. The van der Waals surface area contributed by atoms with Gasteiger partial charge in [-0.3, -0.25) is 14.9 Å². The number of carbonyl (C=O) groups is 1. The van der Waals surface area contributed by atoms with E-state index < -0.39 is 33.7 Å². The van der Waals surface area contributed by atoms with Gasteiger partial charge in [0.2, 0.25) is 0 Å². The van der Waals surface area contributed by atoms with Crippen LogP contribution in [0, 0.1) is 27.7 Å². The number of nitro groups is 1. The fourth-order valence-electron chi connectivity index (χ4n) is 2.47. The van der Waals surface area contributed by atoms with Crippen molar-refractivity contribution in [3.05, 3.63) is 39.4 Å². The highest BCUT2D eigenvalue weighted by Crippen LogP contribution is 2.25. The number of hydrogen-bond acceptors (Lipinski definition) is 4. The second-order valence-electron chi connectivity index (χ2n) is 5.04. The second-order valence-corrected chi connectivity index (χ2v) is 5.04. The highest BCUT2D eigenvalue weighted by Gasteiger charge is 2.30. The fraction of sp³-hybridized carbons (Fsp3) is 0.462. The Morgan fingerprint density at radius 2 is 2.10 bits per heavy atom. The Bertz CT molecular complexity index is 580. The number of amides is 1. The van der Waals surface area contributed by atoms with Crippen LogP contribution in [0.5, 0.6) is 0 Å². The Hall–Kier alpha value is -2.09. The van der Waals surface area contributed by atoms with Crippen molar-refractivity contribution in [2.24, 2.45) is 11.7 Å². The van der Waals surface area contributed by atoms with Gasteiger partial charge in [0.25, 0.3) is 11.6 Å². The van der Waals surface area contributed by atoms with E-state index in [0.717, 1.165) is 12.8 Å². The molecule has 1 aromatic carbocycles. The maximum atomic E-state index is 13.3. The van der Waals surface area contributed by atoms with Crippen LogP contribution in [0.2, 0.25) is 0 Å². The zero-order chi connectivity index (χ0) is 15.6. The lowest BCUT2D eigenvalue weighted by Gasteiger charge is -2.32. The van der Waals surface area contributed by atoms with E-state index in [1.165, 1.54) is 4.90 Å². The molecule has 114 valence electrons. The molecule has 6 nitrogen and oxygen atoms in total. The van der Waals surface area contributed by atoms with Gasteiger partial charge in [-0.05, 0) is 31.4 Å². The fourth-order valence-corrected chi connectivity index (χ4v) is 2.47. The first-order valence-corrected chi connectivity index (χ1v) is 6.56. The van der Waals surface area contributed by atoms with Crippen molar-refractivity contribution in [2.75, 3.05) is 19.6 Å². The van der Waals surface area contributed by atoms with E-state index in [1.807, 2.05) is 0 Å². The maximum Gasteiger partial charge on any atom is 0.285 e. The van der Waals surface area contributed by atoms with Gasteiger partial charge in [-0.1, -0.05) is 0 Å².